The van der Waals surface area contributed by atoms with Crippen LogP contribution in [0.4, 0.5) is 0 Å². The second kappa shape index (κ2) is 43.8. The van der Waals surface area contributed by atoms with Crippen molar-refractivity contribution in [3.63, 3.8) is 0 Å². The number of phosphoric acid groups is 1. The lowest BCUT2D eigenvalue weighted by molar-refractivity contribution is -0.870. The van der Waals surface area contributed by atoms with Gasteiger partial charge in [0.1, 0.15) is 19.3 Å². The third kappa shape index (κ3) is 48.1. The van der Waals surface area contributed by atoms with Crippen molar-refractivity contribution in [2.24, 2.45) is 0 Å². The van der Waals surface area contributed by atoms with Gasteiger partial charge in [-0.2, -0.15) is 0 Å². The van der Waals surface area contributed by atoms with E-state index in [2.05, 4.69) is 123 Å². The fourth-order valence-corrected chi connectivity index (χ4v) is 6.41. The highest BCUT2D eigenvalue weighted by molar-refractivity contribution is 7.45. The lowest BCUT2D eigenvalue weighted by atomic mass is 10.1. The number of carbonyl (C=O) groups is 1. The van der Waals surface area contributed by atoms with Crippen LogP contribution >= 0.6 is 7.82 Å². The van der Waals surface area contributed by atoms with Gasteiger partial charge in [0.05, 0.1) is 34.4 Å². The molecule has 0 aromatic heterocycles. The van der Waals surface area contributed by atoms with Crippen molar-refractivity contribution in [2.45, 2.75) is 161 Å². The molecule has 0 heterocycles. The zero-order chi connectivity index (χ0) is 44.8. The Labute approximate surface area is 374 Å². The number of ether oxygens (including phenoxy) is 2. The molecule has 0 aromatic rings. The number of rotatable bonds is 42. The van der Waals surface area contributed by atoms with Crippen LogP contribution in [0.2, 0.25) is 0 Å². The summed E-state index contributed by atoms with van der Waals surface area (Å²) in [6.45, 7) is 5.13. The van der Waals surface area contributed by atoms with Gasteiger partial charge in [0, 0.05) is 13.0 Å². The van der Waals surface area contributed by atoms with Crippen LogP contribution in [0.3, 0.4) is 0 Å². The number of likely N-dealkylation sites (N-methyl/N-ethyl adjacent to an activating group) is 1. The van der Waals surface area contributed by atoms with Gasteiger partial charge in [-0.25, -0.2) is 0 Å². The van der Waals surface area contributed by atoms with Crippen LogP contribution < -0.4 is 4.89 Å². The standard InChI is InChI=1S/C52H88NO7P/c1-6-8-10-12-14-16-18-20-22-24-25-26-27-28-29-30-31-33-35-37-39-41-43-45-52(54)60-51(50-59-61(55,56)58-48-46-53(3,4)5)49-57-47-44-42-40-38-36-34-32-23-21-19-17-15-13-11-9-7-2/h8,10,14-17,20-23,25-26,28-29,31,33,37,39,51H,6-7,9,11-13,18-19,24,27,30,32,34-36,38,40-50H2,1-5H3/b10-8-,16-14-,17-15-,22-20-,23-21-,26-25-,29-28-,33-31-,39-37-. The van der Waals surface area contributed by atoms with E-state index in [4.69, 9.17) is 18.5 Å². The summed E-state index contributed by atoms with van der Waals surface area (Å²) in [7, 11) is 1.29. The second-order valence-corrected chi connectivity index (χ2v) is 17.8. The number of carbonyl (C=O) groups excluding carboxylic acids is 1. The average molecular weight is 870 g/mol. The zero-order valence-corrected chi connectivity index (χ0v) is 40.2. The number of hydrogen-bond acceptors (Lipinski definition) is 7. The van der Waals surface area contributed by atoms with Gasteiger partial charge in [0.15, 0.2) is 0 Å². The SMILES string of the molecule is CC/C=C\C/C=C\C/C=C\C/C=C\C/C=C\C/C=C\C/C=C\CCCC(=O)OC(COCCCCCCCC/C=C\C/C=C\CCCCC)COP(=O)([O-])OCC[N+](C)(C)C. The van der Waals surface area contributed by atoms with Crippen molar-refractivity contribution < 1.29 is 37.3 Å². The van der Waals surface area contributed by atoms with E-state index in [1.54, 1.807) is 0 Å². The molecular formula is C52H88NO7P. The first kappa shape index (κ1) is 58.2. The van der Waals surface area contributed by atoms with Gasteiger partial charge in [-0.15, -0.1) is 0 Å². The predicted octanol–water partition coefficient (Wildman–Crippen LogP) is 13.8. The van der Waals surface area contributed by atoms with Gasteiger partial charge in [0.25, 0.3) is 7.82 Å². The molecule has 0 spiro atoms. The van der Waals surface area contributed by atoms with Crippen LogP contribution in [0.25, 0.3) is 0 Å². The molecule has 0 fully saturated rings. The highest BCUT2D eigenvalue weighted by atomic mass is 31.2. The molecule has 0 aliphatic rings. The minimum Gasteiger partial charge on any atom is -0.756 e. The van der Waals surface area contributed by atoms with Gasteiger partial charge < -0.3 is 27.9 Å². The van der Waals surface area contributed by atoms with Crippen molar-refractivity contribution in [3.05, 3.63) is 109 Å². The second-order valence-electron chi connectivity index (χ2n) is 16.4. The van der Waals surface area contributed by atoms with E-state index in [1.807, 2.05) is 21.1 Å². The number of nitrogens with zero attached hydrogens (tertiary/aromatic N) is 1. The van der Waals surface area contributed by atoms with Crippen LogP contribution in [0.15, 0.2) is 109 Å². The first-order valence-corrected chi connectivity index (χ1v) is 25.1. The summed E-state index contributed by atoms with van der Waals surface area (Å²) in [4.78, 5) is 25.1. The van der Waals surface area contributed by atoms with Crippen molar-refractivity contribution in [1.82, 2.24) is 0 Å². The molecule has 2 atom stereocenters. The molecule has 0 bridgehead atoms. The Morgan fingerprint density at radius 1 is 0.525 bits per heavy atom. The minimum absolute atomic E-state index is 0.00634. The van der Waals surface area contributed by atoms with Crippen LogP contribution in [-0.2, 0) is 27.9 Å². The van der Waals surface area contributed by atoms with Gasteiger partial charge in [0.2, 0.25) is 0 Å². The van der Waals surface area contributed by atoms with Crippen LogP contribution in [0.5, 0.6) is 0 Å². The molecule has 0 N–H and O–H groups in total. The van der Waals surface area contributed by atoms with Gasteiger partial charge in [-0.1, -0.05) is 162 Å². The highest BCUT2D eigenvalue weighted by Crippen LogP contribution is 2.38. The van der Waals surface area contributed by atoms with Crippen molar-refractivity contribution >= 4 is 13.8 Å². The third-order valence-corrected chi connectivity index (χ3v) is 10.3. The largest absolute Gasteiger partial charge is 0.756 e. The summed E-state index contributed by atoms with van der Waals surface area (Å²) in [6, 6.07) is 0. The van der Waals surface area contributed by atoms with Gasteiger partial charge >= 0.3 is 5.97 Å². The monoisotopic (exact) mass is 870 g/mol. The maximum atomic E-state index is 12.7. The highest BCUT2D eigenvalue weighted by Gasteiger charge is 2.20. The Hall–Kier alpha value is -2.84. The van der Waals surface area contributed by atoms with Crippen molar-refractivity contribution in [1.29, 1.82) is 0 Å². The Morgan fingerprint density at radius 3 is 1.43 bits per heavy atom. The molecule has 61 heavy (non-hydrogen) atoms. The van der Waals surface area contributed by atoms with Gasteiger partial charge in [-0.05, 0) is 96.3 Å². The van der Waals surface area contributed by atoms with Crippen LogP contribution in [0.1, 0.15) is 155 Å². The molecule has 348 valence electrons. The summed E-state index contributed by atoms with van der Waals surface area (Å²) in [5, 5.41) is 0. The first-order valence-electron chi connectivity index (χ1n) is 23.6. The van der Waals surface area contributed by atoms with E-state index >= 15 is 0 Å². The molecule has 0 aliphatic carbocycles. The molecule has 0 aromatic carbocycles. The smallest absolute Gasteiger partial charge is 0.306 e. The molecule has 0 saturated carbocycles. The minimum atomic E-state index is -4.55. The number of hydrogen-bond donors (Lipinski definition) is 0. The summed E-state index contributed by atoms with van der Waals surface area (Å²) >= 11 is 0. The van der Waals surface area contributed by atoms with Crippen LogP contribution in [0, 0.1) is 0 Å². The summed E-state index contributed by atoms with van der Waals surface area (Å²) in [5.74, 6) is -0.400. The number of allylic oxidation sites excluding steroid dienone is 18. The Bertz CT molecular complexity index is 1340. The summed E-state index contributed by atoms with van der Waals surface area (Å²) in [6.07, 6.45) is 61.1. The van der Waals surface area contributed by atoms with E-state index in [-0.39, 0.29) is 26.2 Å². The topological polar surface area (TPSA) is 94.1 Å². The quantitative estimate of drug-likeness (QED) is 0.0198. The maximum Gasteiger partial charge on any atom is 0.306 e. The maximum absolute atomic E-state index is 12.7. The first-order chi connectivity index (χ1) is 29.6. The number of quaternary nitrogens is 1. The predicted molar refractivity (Wildman–Crippen MR) is 258 cm³/mol. The van der Waals surface area contributed by atoms with E-state index in [1.165, 1.54) is 44.9 Å². The average Bonchev–Trinajstić information content (AvgIpc) is 3.22. The Kier molecular flexibility index (Phi) is 41.8. The molecule has 2 unspecified atom stereocenters. The fraction of sp³-hybridized carbons (Fsp3) is 0.635. The van der Waals surface area contributed by atoms with E-state index < -0.39 is 19.9 Å². The molecule has 0 radical (unpaired) electrons. The molecule has 0 saturated heterocycles. The summed E-state index contributed by atoms with van der Waals surface area (Å²) < 4.78 is 34.6. The molecule has 0 rings (SSSR count). The molecule has 9 heteroatoms. The number of esters is 1. The number of unbranched alkanes of at least 4 members (excludes halogenated alkanes) is 10. The third-order valence-electron chi connectivity index (χ3n) is 9.31. The lowest BCUT2D eigenvalue weighted by Gasteiger charge is -2.28. The normalized spacial score (nSPS) is 14.7. The van der Waals surface area contributed by atoms with E-state index in [9.17, 15) is 14.3 Å². The lowest BCUT2D eigenvalue weighted by Crippen LogP contribution is -2.37. The fourth-order valence-electron chi connectivity index (χ4n) is 5.68. The number of phosphoric ester groups is 1. The molecule has 0 amide bonds. The van der Waals surface area contributed by atoms with Crippen molar-refractivity contribution in [3.8, 4) is 0 Å². The van der Waals surface area contributed by atoms with Crippen molar-refractivity contribution in [2.75, 3.05) is 54.1 Å². The molecule has 8 nitrogen and oxygen atoms in total. The van der Waals surface area contributed by atoms with Crippen LogP contribution in [-0.4, -0.2) is 70.7 Å². The Morgan fingerprint density at radius 2 is 0.951 bits per heavy atom. The Balaban J connectivity index is 4.37. The summed E-state index contributed by atoms with van der Waals surface area (Å²) in [5.41, 5.74) is 0. The zero-order valence-electron chi connectivity index (χ0n) is 39.3. The van der Waals surface area contributed by atoms with Gasteiger partial charge in [-0.3, -0.25) is 9.36 Å². The van der Waals surface area contributed by atoms with E-state index in [0.29, 0.717) is 24.1 Å². The van der Waals surface area contributed by atoms with E-state index in [0.717, 1.165) is 83.5 Å². The molecular weight excluding hydrogens is 782 g/mol. The molecule has 0 aliphatic heterocycles.